The fraction of sp³-hybridized carbons (Fsp3) is 0.667. The summed E-state index contributed by atoms with van der Waals surface area (Å²) < 4.78 is 4.74. The number of nitrogens with one attached hydrogen (secondary N) is 3. The van der Waals surface area contributed by atoms with Crippen LogP contribution >= 0.6 is 0 Å². The van der Waals surface area contributed by atoms with Crippen molar-refractivity contribution in [1.82, 2.24) is 16.1 Å². The highest BCUT2D eigenvalue weighted by Gasteiger charge is 2.14. The first-order chi connectivity index (χ1) is 8.47. The maximum Gasteiger partial charge on any atom is 0.339 e. The number of ether oxygens (including phenoxy) is 1. The zero-order valence-corrected chi connectivity index (χ0v) is 10.2. The third-order valence-corrected chi connectivity index (χ3v) is 1.71. The van der Waals surface area contributed by atoms with Gasteiger partial charge in [-0.05, 0) is 6.92 Å². The van der Waals surface area contributed by atoms with E-state index in [0.29, 0.717) is 13.2 Å². The van der Waals surface area contributed by atoms with Crippen molar-refractivity contribution in [3.63, 3.8) is 0 Å². The molecule has 0 aliphatic rings. The molecule has 18 heavy (non-hydrogen) atoms. The third kappa shape index (κ3) is 8.30. The molecule has 0 aliphatic carbocycles. The predicted octanol–water partition coefficient (Wildman–Crippen LogP) is -1.55. The van der Waals surface area contributed by atoms with Crippen LogP contribution in [0, 0.1) is 0 Å². The van der Waals surface area contributed by atoms with Crippen molar-refractivity contribution < 1.29 is 29.1 Å². The van der Waals surface area contributed by atoms with Gasteiger partial charge in [0.05, 0.1) is 6.61 Å². The van der Waals surface area contributed by atoms with E-state index in [2.05, 4.69) is 15.5 Å². The second-order valence-electron chi connectivity index (χ2n) is 3.26. The fourth-order valence-electron chi connectivity index (χ4n) is 0.884. The molecule has 0 rings (SSSR count). The van der Waals surface area contributed by atoms with Crippen molar-refractivity contribution in [2.45, 2.75) is 13.0 Å². The molecule has 0 saturated carbocycles. The Labute approximate surface area is 104 Å². The minimum absolute atomic E-state index is 0.332. The van der Waals surface area contributed by atoms with E-state index in [4.69, 9.17) is 9.84 Å². The molecule has 0 heterocycles. The number of carboxylic acids is 1. The molecule has 0 spiro atoms. The Kier molecular flexibility index (Phi) is 8.24. The summed E-state index contributed by atoms with van der Waals surface area (Å²) in [4.78, 5) is 36.9. The van der Waals surface area contributed by atoms with Gasteiger partial charge >= 0.3 is 12.0 Å². The summed E-state index contributed by atoms with van der Waals surface area (Å²) in [7, 11) is 1.50. The van der Waals surface area contributed by atoms with E-state index < -0.39 is 24.6 Å². The number of carboxylic acid groups (broad SMARTS) is 1. The van der Waals surface area contributed by atoms with Gasteiger partial charge in [-0.25, -0.2) is 15.1 Å². The van der Waals surface area contributed by atoms with Crippen LogP contribution in [0.4, 0.5) is 4.79 Å². The van der Waals surface area contributed by atoms with Crippen molar-refractivity contribution in [2.75, 3.05) is 26.9 Å². The molecule has 9 nitrogen and oxygen atoms in total. The van der Waals surface area contributed by atoms with Gasteiger partial charge in [-0.3, -0.25) is 9.63 Å². The summed E-state index contributed by atoms with van der Waals surface area (Å²) in [6.45, 7) is 1.51. The van der Waals surface area contributed by atoms with Crippen LogP contribution in [0.1, 0.15) is 6.92 Å². The molecule has 0 aromatic carbocycles. The van der Waals surface area contributed by atoms with Crippen molar-refractivity contribution in [2.24, 2.45) is 0 Å². The standard InChI is InChI=1S/C9H17N3O6/c1-6(8(15)10-3-4-17-2)11-9(16)12-18-5-7(13)14/h6H,3-5H2,1-2H3,(H,10,15)(H,13,14)(H2,11,12,16). The Balaban J connectivity index is 3.77. The number of hydrogen-bond donors (Lipinski definition) is 4. The predicted molar refractivity (Wildman–Crippen MR) is 59.6 cm³/mol. The van der Waals surface area contributed by atoms with E-state index in [1.54, 1.807) is 0 Å². The summed E-state index contributed by atoms with van der Waals surface area (Å²) in [6.07, 6.45) is 0. The van der Waals surface area contributed by atoms with Gasteiger partial charge in [0.1, 0.15) is 6.04 Å². The summed E-state index contributed by atoms with van der Waals surface area (Å²) >= 11 is 0. The molecule has 0 saturated heterocycles. The van der Waals surface area contributed by atoms with Crippen molar-refractivity contribution in [3.05, 3.63) is 0 Å². The molecule has 1 unspecified atom stereocenters. The Morgan fingerprint density at radius 2 is 2.00 bits per heavy atom. The lowest BCUT2D eigenvalue weighted by Gasteiger charge is -2.14. The molecular formula is C9H17N3O6. The van der Waals surface area contributed by atoms with Gasteiger partial charge in [0.25, 0.3) is 0 Å². The lowest BCUT2D eigenvalue weighted by molar-refractivity contribution is -0.144. The molecule has 0 bridgehead atoms. The smallest absolute Gasteiger partial charge is 0.339 e. The highest BCUT2D eigenvalue weighted by Crippen LogP contribution is 1.82. The molecule has 0 radical (unpaired) electrons. The van der Waals surface area contributed by atoms with Gasteiger partial charge in [-0.15, -0.1) is 0 Å². The van der Waals surface area contributed by atoms with Gasteiger partial charge in [-0.2, -0.15) is 0 Å². The minimum atomic E-state index is -1.22. The Morgan fingerprint density at radius 3 is 2.56 bits per heavy atom. The highest BCUT2D eigenvalue weighted by atomic mass is 16.7. The number of carbonyl (C=O) groups excluding carboxylic acids is 2. The van der Waals surface area contributed by atoms with Crippen LogP contribution in [0.3, 0.4) is 0 Å². The Hall–Kier alpha value is -1.87. The summed E-state index contributed by atoms with van der Waals surface area (Å²) in [6, 6.07) is -1.58. The number of hydroxylamine groups is 1. The van der Waals surface area contributed by atoms with Crippen LogP contribution in [-0.2, 0) is 19.2 Å². The lowest BCUT2D eigenvalue weighted by atomic mass is 10.3. The third-order valence-electron chi connectivity index (χ3n) is 1.71. The van der Waals surface area contributed by atoms with Crippen LogP contribution in [0.2, 0.25) is 0 Å². The number of hydrogen-bond acceptors (Lipinski definition) is 5. The van der Waals surface area contributed by atoms with E-state index in [9.17, 15) is 14.4 Å². The summed E-state index contributed by atoms with van der Waals surface area (Å²) in [5, 5.41) is 13.0. The van der Waals surface area contributed by atoms with Crippen molar-refractivity contribution in [3.8, 4) is 0 Å². The van der Waals surface area contributed by atoms with Crippen molar-refractivity contribution >= 4 is 17.9 Å². The Bertz CT molecular complexity index is 296. The number of urea groups is 1. The number of rotatable bonds is 8. The van der Waals surface area contributed by atoms with Crippen LogP contribution in [-0.4, -0.2) is 55.9 Å². The summed E-state index contributed by atoms with van der Waals surface area (Å²) in [5.74, 6) is -1.61. The highest BCUT2D eigenvalue weighted by molar-refractivity contribution is 5.86. The maximum absolute atomic E-state index is 11.4. The van der Waals surface area contributed by atoms with Gasteiger partial charge in [0.15, 0.2) is 6.61 Å². The van der Waals surface area contributed by atoms with Gasteiger partial charge in [-0.1, -0.05) is 0 Å². The van der Waals surface area contributed by atoms with Gasteiger partial charge in [0.2, 0.25) is 5.91 Å². The van der Waals surface area contributed by atoms with E-state index in [-0.39, 0.29) is 5.91 Å². The largest absolute Gasteiger partial charge is 0.479 e. The number of carbonyl (C=O) groups is 3. The van der Waals surface area contributed by atoms with Crippen LogP contribution in [0.25, 0.3) is 0 Å². The normalized spacial score (nSPS) is 11.4. The summed E-state index contributed by atoms with van der Waals surface area (Å²) in [5.41, 5.74) is 1.83. The maximum atomic E-state index is 11.4. The van der Waals surface area contributed by atoms with Gasteiger partial charge in [0, 0.05) is 13.7 Å². The van der Waals surface area contributed by atoms with Gasteiger partial charge < -0.3 is 20.5 Å². The molecule has 4 N–H and O–H groups in total. The first kappa shape index (κ1) is 16.1. The molecule has 104 valence electrons. The molecule has 0 aromatic rings. The number of aliphatic carboxylic acids is 1. The molecule has 9 heteroatoms. The molecule has 0 aromatic heterocycles. The first-order valence-corrected chi connectivity index (χ1v) is 5.14. The van der Waals surface area contributed by atoms with E-state index in [0.717, 1.165) is 0 Å². The number of amides is 3. The van der Waals surface area contributed by atoms with Crippen LogP contribution in [0.5, 0.6) is 0 Å². The topological polar surface area (TPSA) is 126 Å². The molecular weight excluding hydrogens is 246 g/mol. The zero-order valence-electron chi connectivity index (χ0n) is 10.2. The molecule has 0 aliphatic heterocycles. The SMILES string of the molecule is COCCNC(=O)C(C)NC(=O)NOCC(=O)O. The van der Waals surface area contributed by atoms with E-state index in [1.807, 2.05) is 5.48 Å². The molecule has 1 atom stereocenters. The molecule has 3 amide bonds. The van der Waals surface area contributed by atoms with E-state index in [1.165, 1.54) is 14.0 Å². The quantitative estimate of drug-likeness (QED) is 0.310. The second-order valence-corrected chi connectivity index (χ2v) is 3.26. The van der Waals surface area contributed by atoms with Crippen LogP contribution < -0.4 is 16.1 Å². The second kappa shape index (κ2) is 9.19. The first-order valence-electron chi connectivity index (χ1n) is 5.14. The average Bonchev–Trinajstić information content (AvgIpc) is 2.28. The fourth-order valence-corrected chi connectivity index (χ4v) is 0.884. The number of methoxy groups -OCH3 is 1. The molecule has 0 fully saturated rings. The van der Waals surface area contributed by atoms with Crippen LogP contribution in [0.15, 0.2) is 0 Å². The lowest BCUT2D eigenvalue weighted by Crippen LogP contribution is -2.49. The average molecular weight is 263 g/mol. The monoisotopic (exact) mass is 263 g/mol. The van der Waals surface area contributed by atoms with E-state index >= 15 is 0 Å². The minimum Gasteiger partial charge on any atom is -0.479 e. The van der Waals surface area contributed by atoms with Crippen molar-refractivity contribution in [1.29, 1.82) is 0 Å². The zero-order chi connectivity index (χ0) is 14.0. The Morgan fingerprint density at radius 1 is 1.33 bits per heavy atom.